The molecule has 2 aromatic carbocycles. The van der Waals surface area contributed by atoms with Gasteiger partial charge in [0, 0.05) is 18.7 Å². The molecule has 0 spiro atoms. The number of rotatable bonds is 7. The second-order valence-corrected chi connectivity index (χ2v) is 5.91. The molecule has 6 heteroatoms. The third-order valence-electron chi connectivity index (χ3n) is 3.94. The molecule has 2 rings (SSSR count). The van der Waals surface area contributed by atoms with Gasteiger partial charge in [-0.2, -0.15) is 0 Å². The lowest BCUT2D eigenvalue weighted by Gasteiger charge is -2.26. The SMILES string of the molecule is COc1ccccc1C(CNC(=O)NCc1ccc(F)cc1)N(C)C. The van der Waals surface area contributed by atoms with Crippen molar-refractivity contribution < 1.29 is 13.9 Å². The summed E-state index contributed by atoms with van der Waals surface area (Å²) in [6.45, 7) is 0.774. The number of nitrogens with zero attached hydrogens (tertiary/aromatic N) is 1. The summed E-state index contributed by atoms with van der Waals surface area (Å²) in [7, 11) is 5.54. The first-order valence-electron chi connectivity index (χ1n) is 8.06. The standard InChI is InChI=1S/C19H24FN3O2/c1-23(2)17(16-6-4-5-7-18(16)25-3)13-22-19(24)21-12-14-8-10-15(20)11-9-14/h4-11,17H,12-13H2,1-3H3,(H2,21,22,24). The van der Waals surface area contributed by atoms with E-state index in [1.807, 2.05) is 43.3 Å². The van der Waals surface area contributed by atoms with E-state index in [1.165, 1.54) is 12.1 Å². The molecule has 0 aromatic heterocycles. The number of nitrogens with one attached hydrogen (secondary N) is 2. The Labute approximate surface area is 147 Å². The highest BCUT2D eigenvalue weighted by Crippen LogP contribution is 2.27. The molecule has 0 radical (unpaired) electrons. The van der Waals surface area contributed by atoms with Gasteiger partial charge in [-0.15, -0.1) is 0 Å². The molecule has 25 heavy (non-hydrogen) atoms. The second kappa shape index (κ2) is 9.03. The number of carbonyl (C=O) groups is 1. The molecule has 0 heterocycles. The Morgan fingerprint density at radius 2 is 1.80 bits per heavy atom. The molecule has 0 aliphatic heterocycles. The summed E-state index contributed by atoms with van der Waals surface area (Å²) in [6, 6.07) is 13.5. The molecule has 1 atom stereocenters. The zero-order valence-corrected chi connectivity index (χ0v) is 14.8. The third kappa shape index (κ3) is 5.46. The van der Waals surface area contributed by atoms with Crippen molar-refractivity contribution in [1.29, 1.82) is 0 Å². The smallest absolute Gasteiger partial charge is 0.315 e. The molecule has 0 aliphatic carbocycles. The quantitative estimate of drug-likeness (QED) is 0.811. The summed E-state index contributed by atoms with van der Waals surface area (Å²) < 4.78 is 18.3. The van der Waals surface area contributed by atoms with Crippen molar-refractivity contribution in [2.24, 2.45) is 0 Å². The van der Waals surface area contributed by atoms with Crippen LogP contribution in [0.1, 0.15) is 17.2 Å². The Hall–Kier alpha value is -2.60. The van der Waals surface area contributed by atoms with Gasteiger partial charge in [-0.05, 0) is 37.9 Å². The highest BCUT2D eigenvalue weighted by molar-refractivity contribution is 5.73. The lowest BCUT2D eigenvalue weighted by Crippen LogP contribution is -2.40. The first-order valence-corrected chi connectivity index (χ1v) is 8.06. The molecule has 134 valence electrons. The molecule has 5 nitrogen and oxygen atoms in total. The van der Waals surface area contributed by atoms with Gasteiger partial charge in [-0.25, -0.2) is 9.18 Å². The average molecular weight is 345 g/mol. The van der Waals surface area contributed by atoms with E-state index in [0.29, 0.717) is 13.1 Å². The summed E-state index contributed by atoms with van der Waals surface area (Å²) in [4.78, 5) is 14.1. The van der Waals surface area contributed by atoms with Crippen LogP contribution >= 0.6 is 0 Å². The molecule has 2 aromatic rings. The fraction of sp³-hybridized carbons (Fsp3) is 0.316. The highest BCUT2D eigenvalue weighted by Gasteiger charge is 2.18. The molecular weight excluding hydrogens is 321 g/mol. The van der Waals surface area contributed by atoms with Crippen molar-refractivity contribution in [1.82, 2.24) is 15.5 Å². The maximum atomic E-state index is 12.9. The van der Waals surface area contributed by atoms with Gasteiger partial charge in [-0.1, -0.05) is 30.3 Å². The van der Waals surface area contributed by atoms with Crippen LogP contribution < -0.4 is 15.4 Å². The number of hydrogen-bond donors (Lipinski definition) is 2. The van der Waals surface area contributed by atoms with Crippen LogP contribution in [0.3, 0.4) is 0 Å². The number of amides is 2. The number of benzene rings is 2. The van der Waals surface area contributed by atoms with E-state index in [-0.39, 0.29) is 17.9 Å². The Morgan fingerprint density at radius 3 is 2.44 bits per heavy atom. The van der Waals surface area contributed by atoms with Gasteiger partial charge in [0.2, 0.25) is 0 Å². The Bertz CT molecular complexity index is 689. The van der Waals surface area contributed by atoms with E-state index >= 15 is 0 Å². The summed E-state index contributed by atoms with van der Waals surface area (Å²) in [5.74, 6) is 0.494. The molecule has 1 unspecified atom stereocenters. The molecule has 2 amide bonds. The monoisotopic (exact) mass is 345 g/mol. The molecule has 0 saturated carbocycles. The zero-order chi connectivity index (χ0) is 18.2. The minimum Gasteiger partial charge on any atom is -0.496 e. The van der Waals surface area contributed by atoms with Crippen LogP contribution in [-0.4, -0.2) is 38.7 Å². The fourth-order valence-corrected chi connectivity index (χ4v) is 2.55. The van der Waals surface area contributed by atoms with E-state index in [9.17, 15) is 9.18 Å². The maximum absolute atomic E-state index is 12.9. The van der Waals surface area contributed by atoms with Crippen LogP contribution in [0, 0.1) is 5.82 Å². The summed E-state index contributed by atoms with van der Waals surface area (Å²) in [5.41, 5.74) is 1.85. The van der Waals surface area contributed by atoms with Gasteiger partial charge in [0.1, 0.15) is 11.6 Å². The number of halogens is 1. The predicted molar refractivity (Wildman–Crippen MR) is 96.1 cm³/mol. The van der Waals surface area contributed by atoms with Crippen LogP contribution in [0.15, 0.2) is 48.5 Å². The fourth-order valence-electron chi connectivity index (χ4n) is 2.55. The normalized spacial score (nSPS) is 11.9. The van der Waals surface area contributed by atoms with Gasteiger partial charge in [0.25, 0.3) is 0 Å². The number of urea groups is 1. The first kappa shape index (κ1) is 18.7. The van der Waals surface area contributed by atoms with Gasteiger partial charge in [-0.3, -0.25) is 0 Å². The summed E-state index contributed by atoms with van der Waals surface area (Å²) in [6.07, 6.45) is 0. The van der Waals surface area contributed by atoms with E-state index in [2.05, 4.69) is 10.6 Å². The van der Waals surface area contributed by atoms with Gasteiger partial charge < -0.3 is 20.3 Å². The lowest BCUT2D eigenvalue weighted by atomic mass is 10.0. The first-order chi connectivity index (χ1) is 12.0. The van der Waals surface area contributed by atoms with Crippen LogP contribution in [0.25, 0.3) is 0 Å². The number of para-hydroxylation sites is 1. The minimum absolute atomic E-state index is 0.0206. The van der Waals surface area contributed by atoms with Gasteiger partial charge in [0.05, 0.1) is 13.2 Å². The number of likely N-dealkylation sites (N-methyl/N-ethyl adjacent to an activating group) is 1. The predicted octanol–water partition coefficient (Wildman–Crippen LogP) is 2.94. The average Bonchev–Trinajstić information content (AvgIpc) is 2.61. The van der Waals surface area contributed by atoms with Gasteiger partial charge in [0.15, 0.2) is 0 Å². The van der Waals surface area contributed by atoms with Gasteiger partial charge >= 0.3 is 6.03 Å². The highest BCUT2D eigenvalue weighted by atomic mass is 19.1. The summed E-state index contributed by atoms with van der Waals surface area (Å²) in [5, 5.41) is 5.64. The molecule has 0 aliphatic rings. The molecule has 0 fully saturated rings. The van der Waals surface area contributed by atoms with Crippen molar-refractivity contribution in [3.8, 4) is 5.75 Å². The molecule has 2 N–H and O–H groups in total. The van der Waals surface area contributed by atoms with Crippen LogP contribution in [0.2, 0.25) is 0 Å². The molecule has 0 saturated heterocycles. The number of hydrogen-bond acceptors (Lipinski definition) is 3. The Balaban J connectivity index is 1.92. The van der Waals surface area contributed by atoms with Crippen molar-refractivity contribution in [3.63, 3.8) is 0 Å². The number of ether oxygens (including phenoxy) is 1. The molecule has 0 bridgehead atoms. The van der Waals surface area contributed by atoms with Crippen molar-refractivity contribution in [2.45, 2.75) is 12.6 Å². The van der Waals surface area contributed by atoms with Crippen LogP contribution in [0.4, 0.5) is 9.18 Å². The van der Waals surface area contributed by atoms with E-state index in [0.717, 1.165) is 16.9 Å². The third-order valence-corrected chi connectivity index (χ3v) is 3.94. The minimum atomic E-state index is -0.293. The van der Waals surface area contributed by atoms with Crippen LogP contribution in [-0.2, 0) is 6.54 Å². The summed E-state index contributed by atoms with van der Waals surface area (Å²) >= 11 is 0. The zero-order valence-electron chi connectivity index (χ0n) is 14.8. The van der Waals surface area contributed by atoms with Crippen molar-refractivity contribution in [3.05, 3.63) is 65.5 Å². The van der Waals surface area contributed by atoms with E-state index < -0.39 is 0 Å². The maximum Gasteiger partial charge on any atom is 0.315 e. The Kier molecular flexibility index (Phi) is 6.77. The van der Waals surface area contributed by atoms with Crippen LogP contribution in [0.5, 0.6) is 5.75 Å². The Morgan fingerprint density at radius 1 is 1.12 bits per heavy atom. The van der Waals surface area contributed by atoms with Crippen molar-refractivity contribution >= 4 is 6.03 Å². The van der Waals surface area contributed by atoms with E-state index in [4.69, 9.17) is 4.74 Å². The number of carbonyl (C=O) groups excluding carboxylic acids is 1. The van der Waals surface area contributed by atoms with E-state index in [1.54, 1.807) is 19.2 Å². The van der Waals surface area contributed by atoms with Crippen molar-refractivity contribution in [2.75, 3.05) is 27.7 Å². The molecular formula is C19H24FN3O2. The topological polar surface area (TPSA) is 53.6 Å². The second-order valence-electron chi connectivity index (χ2n) is 5.91. The largest absolute Gasteiger partial charge is 0.496 e. The lowest BCUT2D eigenvalue weighted by molar-refractivity contribution is 0.231. The number of methoxy groups -OCH3 is 1.